The fraction of sp³-hybridized carbons (Fsp3) is 0.360. The molecule has 180 valence electrons. The molecule has 1 saturated heterocycles. The highest BCUT2D eigenvalue weighted by atomic mass is 32.1. The minimum atomic E-state index is -1.17. The van der Waals surface area contributed by atoms with E-state index in [0.717, 1.165) is 12.8 Å². The van der Waals surface area contributed by atoms with Gasteiger partial charge < -0.3 is 26.0 Å². The number of primary amides is 1. The Bertz CT molecular complexity index is 1190. The Morgan fingerprint density at radius 3 is 2.65 bits per heavy atom. The van der Waals surface area contributed by atoms with E-state index in [1.165, 1.54) is 23.5 Å². The van der Waals surface area contributed by atoms with Crippen LogP contribution in [-0.2, 0) is 10.3 Å². The van der Waals surface area contributed by atoms with E-state index >= 15 is 0 Å². The van der Waals surface area contributed by atoms with Gasteiger partial charge in [-0.1, -0.05) is 18.2 Å². The summed E-state index contributed by atoms with van der Waals surface area (Å²) in [5.74, 6) is -0.654. The van der Waals surface area contributed by atoms with Gasteiger partial charge in [-0.05, 0) is 62.4 Å². The molecule has 0 bridgehead atoms. The summed E-state index contributed by atoms with van der Waals surface area (Å²) in [5.41, 5.74) is 5.89. The third-order valence-electron chi connectivity index (χ3n) is 5.97. The van der Waals surface area contributed by atoms with Crippen LogP contribution >= 0.6 is 11.3 Å². The topological polar surface area (TPSA) is 118 Å². The molecule has 1 fully saturated rings. The number of aliphatic hydroxyl groups is 2. The second-order valence-corrected chi connectivity index (χ2v) is 9.99. The van der Waals surface area contributed by atoms with Crippen molar-refractivity contribution < 1.29 is 24.1 Å². The zero-order valence-electron chi connectivity index (χ0n) is 19.0. The van der Waals surface area contributed by atoms with Gasteiger partial charge in [-0.2, -0.15) is 0 Å². The Hall–Kier alpha value is -2.85. The smallest absolute Gasteiger partial charge is 0.251 e. The van der Waals surface area contributed by atoms with Crippen LogP contribution in [0.4, 0.5) is 15.2 Å². The molecule has 1 aliphatic rings. The van der Waals surface area contributed by atoms with Crippen LogP contribution in [0.15, 0.2) is 42.5 Å². The summed E-state index contributed by atoms with van der Waals surface area (Å²) in [6.45, 7) is 4.40. The first-order valence-electron chi connectivity index (χ1n) is 11.1. The van der Waals surface area contributed by atoms with E-state index < -0.39 is 23.4 Å². The number of ether oxygens (including phenoxy) is 1. The number of nitrogens with one attached hydrogen (secondary N) is 1. The number of hydrogen-bond acceptors (Lipinski definition) is 7. The molecule has 3 heterocycles. The van der Waals surface area contributed by atoms with Crippen molar-refractivity contribution >= 4 is 28.1 Å². The third-order valence-corrected chi connectivity index (χ3v) is 7.05. The fourth-order valence-electron chi connectivity index (χ4n) is 3.97. The van der Waals surface area contributed by atoms with E-state index in [9.17, 15) is 19.4 Å². The van der Waals surface area contributed by atoms with Crippen LogP contribution in [-0.4, -0.2) is 34.3 Å². The number of benzene rings is 1. The standard InChI is InChI=1S/C25H28FN3O4S/c1-25(2,32)15-6-7-16(18(26)12-15)20-13-17(23(27)31)24(34-20)29-21-5-3-4-19(28-21)22(30)14-8-10-33-11-9-14/h3-7,12-14,22,30,32H,8-11H2,1-2H3,(H2,27,31)(H,28,29). The minimum Gasteiger partial charge on any atom is -0.387 e. The van der Waals surface area contributed by atoms with Crippen molar-refractivity contribution in [3.8, 4) is 10.4 Å². The van der Waals surface area contributed by atoms with Crippen molar-refractivity contribution in [2.45, 2.75) is 38.4 Å². The van der Waals surface area contributed by atoms with Gasteiger partial charge in [0.1, 0.15) is 16.6 Å². The lowest BCUT2D eigenvalue weighted by atomic mass is 9.92. The average Bonchev–Trinajstić information content (AvgIpc) is 3.22. The molecule has 1 aromatic carbocycles. The van der Waals surface area contributed by atoms with E-state index in [1.807, 2.05) is 0 Å². The zero-order valence-corrected chi connectivity index (χ0v) is 19.9. The second-order valence-electron chi connectivity index (χ2n) is 8.94. The van der Waals surface area contributed by atoms with E-state index in [0.29, 0.717) is 45.7 Å². The van der Waals surface area contributed by atoms with Crippen LogP contribution in [0.25, 0.3) is 10.4 Å². The van der Waals surface area contributed by atoms with Crippen LogP contribution in [0, 0.1) is 11.7 Å². The number of aromatic nitrogens is 1. The molecule has 7 nitrogen and oxygen atoms in total. The molecule has 0 radical (unpaired) electrons. The first kappa shape index (κ1) is 24.3. The summed E-state index contributed by atoms with van der Waals surface area (Å²) in [4.78, 5) is 17.1. The Morgan fingerprint density at radius 2 is 2.00 bits per heavy atom. The normalized spacial score (nSPS) is 15.8. The molecule has 1 aliphatic heterocycles. The van der Waals surface area contributed by atoms with Crippen molar-refractivity contribution in [3.63, 3.8) is 0 Å². The maximum Gasteiger partial charge on any atom is 0.251 e. The number of nitrogens with zero attached hydrogens (tertiary/aromatic N) is 1. The molecular formula is C25H28FN3O4S. The van der Waals surface area contributed by atoms with Crippen LogP contribution in [0.5, 0.6) is 0 Å². The number of rotatable bonds is 7. The lowest BCUT2D eigenvalue weighted by molar-refractivity contribution is 0.00563. The molecule has 4 rings (SSSR count). The molecule has 2 aromatic heterocycles. The van der Waals surface area contributed by atoms with Gasteiger partial charge in [-0.3, -0.25) is 4.79 Å². The number of nitrogens with two attached hydrogens (primary N) is 1. The summed E-state index contributed by atoms with van der Waals surface area (Å²) in [5, 5.41) is 24.4. The molecule has 3 aromatic rings. The van der Waals surface area contributed by atoms with Gasteiger partial charge in [0.25, 0.3) is 5.91 Å². The number of aliphatic hydroxyl groups excluding tert-OH is 1. The van der Waals surface area contributed by atoms with Crippen molar-refractivity contribution in [3.05, 3.63) is 65.1 Å². The van der Waals surface area contributed by atoms with Gasteiger partial charge in [-0.15, -0.1) is 11.3 Å². The Balaban J connectivity index is 1.62. The number of pyridine rings is 1. The molecule has 5 N–H and O–H groups in total. The number of thiophene rings is 1. The van der Waals surface area contributed by atoms with Gasteiger partial charge >= 0.3 is 0 Å². The quantitative estimate of drug-likeness (QED) is 0.392. The highest BCUT2D eigenvalue weighted by Gasteiger charge is 2.25. The maximum atomic E-state index is 14.9. The van der Waals surface area contributed by atoms with E-state index in [-0.39, 0.29) is 11.5 Å². The van der Waals surface area contributed by atoms with Gasteiger partial charge in [0.15, 0.2) is 0 Å². The number of carbonyl (C=O) groups excluding carboxylic acids is 1. The second kappa shape index (κ2) is 9.79. The third kappa shape index (κ3) is 5.28. The first-order chi connectivity index (χ1) is 16.1. The van der Waals surface area contributed by atoms with E-state index in [4.69, 9.17) is 10.5 Å². The predicted octanol–water partition coefficient (Wildman–Crippen LogP) is 4.48. The molecule has 1 amide bonds. The monoisotopic (exact) mass is 485 g/mol. The molecule has 34 heavy (non-hydrogen) atoms. The number of anilines is 2. The average molecular weight is 486 g/mol. The van der Waals surface area contributed by atoms with Crippen LogP contribution in [0.3, 0.4) is 0 Å². The molecule has 9 heteroatoms. The summed E-state index contributed by atoms with van der Waals surface area (Å²) in [6.07, 6.45) is 0.806. The molecular weight excluding hydrogens is 457 g/mol. The number of halogens is 1. The Morgan fingerprint density at radius 1 is 1.26 bits per heavy atom. The van der Waals surface area contributed by atoms with Gasteiger partial charge in [0.05, 0.1) is 23.0 Å². The van der Waals surface area contributed by atoms with Crippen LogP contribution in [0.2, 0.25) is 0 Å². The highest BCUT2D eigenvalue weighted by molar-refractivity contribution is 7.19. The summed E-state index contributed by atoms with van der Waals surface area (Å²) < 4.78 is 20.2. The minimum absolute atomic E-state index is 0.0702. The molecule has 0 aliphatic carbocycles. The van der Waals surface area contributed by atoms with Crippen molar-refractivity contribution in [2.75, 3.05) is 18.5 Å². The SMILES string of the molecule is CC(C)(O)c1ccc(-c2cc(C(N)=O)c(Nc3cccc(C(O)C4CCOCC4)n3)s2)c(F)c1. The zero-order chi connectivity index (χ0) is 24.5. The number of carbonyl (C=O) groups is 1. The van der Waals surface area contributed by atoms with Crippen LogP contribution in [0.1, 0.15) is 54.4 Å². The van der Waals surface area contributed by atoms with E-state index in [1.54, 1.807) is 44.2 Å². The first-order valence-corrected chi connectivity index (χ1v) is 11.9. The molecule has 1 atom stereocenters. The maximum absolute atomic E-state index is 14.9. The predicted molar refractivity (Wildman–Crippen MR) is 129 cm³/mol. The lowest BCUT2D eigenvalue weighted by Crippen LogP contribution is -2.22. The Kier molecular flexibility index (Phi) is 6.99. The highest BCUT2D eigenvalue weighted by Crippen LogP contribution is 2.39. The summed E-state index contributed by atoms with van der Waals surface area (Å²) >= 11 is 1.17. The lowest BCUT2D eigenvalue weighted by Gasteiger charge is -2.26. The van der Waals surface area contributed by atoms with Crippen LogP contribution < -0.4 is 11.1 Å². The molecule has 0 spiro atoms. The summed E-state index contributed by atoms with van der Waals surface area (Å²) in [7, 11) is 0. The molecule has 0 saturated carbocycles. The fourth-order valence-corrected chi connectivity index (χ4v) is 5.07. The van der Waals surface area contributed by atoms with Gasteiger partial charge in [0.2, 0.25) is 0 Å². The molecule has 1 unspecified atom stereocenters. The number of hydrogen-bond donors (Lipinski definition) is 4. The van der Waals surface area contributed by atoms with Crippen molar-refractivity contribution in [1.82, 2.24) is 4.98 Å². The van der Waals surface area contributed by atoms with Crippen molar-refractivity contribution in [1.29, 1.82) is 0 Å². The van der Waals surface area contributed by atoms with Gasteiger partial charge in [-0.25, -0.2) is 9.37 Å². The Labute approximate surface area is 201 Å². The largest absolute Gasteiger partial charge is 0.387 e. The van der Waals surface area contributed by atoms with Crippen molar-refractivity contribution in [2.24, 2.45) is 11.7 Å². The summed E-state index contributed by atoms with van der Waals surface area (Å²) in [6, 6.07) is 11.3. The number of amides is 1. The van der Waals surface area contributed by atoms with E-state index in [2.05, 4.69) is 10.3 Å². The van der Waals surface area contributed by atoms with Gasteiger partial charge in [0, 0.05) is 23.7 Å².